The molecule has 1 N–H and O–H groups in total. The van der Waals surface area contributed by atoms with Gasteiger partial charge in [-0.3, -0.25) is 14.6 Å². The van der Waals surface area contributed by atoms with Gasteiger partial charge < -0.3 is 39.7 Å². The smallest absolute Gasteiger partial charge is 1.00 e. The molecule has 17 nitrogen and oxygen atoms in total. The van der Waals surface area contributed by atoms with Gasteiger partial charge in [-0.1, -0.05) is 12.1 Å². The Balaban J connectivity index is 0. The summed E-state index contributed by atoms with van der Waals surface area (Å²) in [6, 6.07) is 7.91. The van der Waals surface area contributed by atoms with Crippen molar-refractivity contribution in [3.63, 3.8) is 0 Å². The van der Waals surface area contributed by atoms with Crippen molar-refractivity contribution in [2.75, 3.05) is 49.3 Å². The molecule has 3 aliphatic rings. The molecule has 371 valence electrons. The number of carbonyl (C=O) groups excluding carboxylic acids is 5. The molecule has 1 fully saturated rings. The molecule has 5 heterocycles. The molecule has 0 unspecified atom stereocenters. The van der Waals surface area contributed by atoms with Gasteiger partial charge in [0.2, 0.25) is 0 Å². The van der Waals surface area contributed by atoms with Crippen LogP contribution in [0.5, 0.6) is 0 Å². The maximum Gasteiger partial charge on any atom is 1.00 e. The maximum atomic E-state index is 12.4. The maximum absolute atomic E-state index is 12.4. The predicted octanol–water partition coefficient (Wildman–Crippen LogP) is 6.36. The summed E-state index contributed by atoms with van der Waals surface area (Å²) >= 11 is 0. The van der Waals surface area contributed by atoms with Gasteiger partial charge in [-0.25, -0.2) is 29.1 Å². The molecule has 0 aliphatic carbocycles. The molecule has 3 radical (unpaired) electrons. The van der Waals surface area contributed by atoms with Gasteiger partial charge in [0.25, 0.3) is 0 Å². The topological polar surface area (TPSA) is 202 Å². The Hall–Kier alpha value is -4.37. The molecule has 67 heavy (non-hydrogen) atoms. The third kappa shape index (κ3) is 26.7. The Morgan fingerprint density at radius 2 is 1.04 bits per heavy atom. The largest absolute Gasteiger partial charge is 1.00 e. The number of nitrogens with zero attached hydrogens (tertiary/aromatic N) is 4. The molecule has 2 aromatic heterocycles. The first-order chi connectivity index (χ1) is 30.2. The number of anilines is 2. The normalized spacial score (nSPS) is 14.1. The standard InChI is InChI=1S/C18H26N2O4.C16H24N2O3.C10H18O5.C4H8O.B.Li.H/c1-5-23-15(21)11-10-14-9-8-13-7-6-12-20(16(13)19-14)17(22)24-18(2,3)4;1-16(2,3)21-15(20)18-10-4-6-12-8-9-13(7-5-11-19)17-14(12)18;1-9(2,3)14-7(11)13-8(12)15-10(4,5)6;1-2-4-5-3-1;;;/h8-9H,5-7,10-12H2,1-4H3;8-9,19H,4-7,10-11H2,1-3H3;1-6H3;1-4H2;;;/q;;;;;+1;-1. The Bertz CT molecular complexity index is 1830. The summed E-state index contributed by atoms with van der Waals surface area (Å²) in [6.07, 6.45) is 5.52. The number of carbonyl (C=O) groups is 5. The first kappa shape index (κ1) is 62.6. The number of hydrogen-bond donors (Lipinski definition) is 1. The fourth-order valence-corrected chi connectivity index (χ4v) is 6.07. The van der Waals surface area contributed by atoms with Crippen LogP contribution in [0.2, 0.25) is 0 Å². The summed E-state index contributed by atoms with van der Waals surface area (Å²) in [4.78, 5) is 70.7. The predicted molar refractivity (Wildman–Crippen MR) is 253 cm³/mol. The molecule has 0 saturated carbocycles. The summed E-state index contributed by atoms with van der Waals surface area (Å²) in [5.74, 6) is 1.13. The van der Waals surface area contributed by atoms with Crippen LogP contribution in [0.1, 0.15) is 152 Å². The van der Waals surface area contributed by atoms with E-state index in [9.17, 15) is 24.0 Å². The zero-order valence-electron chi connectivity index (χ0n) is 43.8. The van der Waals surface area contributed by atoms with Gasteiger partial charge in [-0.05, 0) is 165 Å². The van der Waals surface area contributed by atoms with E-state index in [1.165, 1.54) is 12.8 Å². The first-order valence-electron chi connectivity index (χ1n) is 22.7. The number of hydrogen-bond acceptors (Lipinski definition) is 15. The first-order valence-corrected chi connectivity index (χ1v) is 22.7. The molecule has 2 amide bonds. The van der Waals surface area contributed by atoms with Crippen LogP contribution in [0.15, 0.2) is 24.3 Å². The van der Waals surface area contributed by atoms with E-state index in [2.05, 4.69) is 14.7 Å². The second-order valence-corrected chi connectivity index (χ2v) is 19.5. The van der Waals surface area contributed by atoms with Crippen LogP contribution in [-0.4, -0.2) is 116 Å². The minimum atomic E-state index is -1.06. The minimum absolute atomic E-state index is 0. The van der Waals surface area contributed by atoms with E-state index in [4.69, 9.17) is 33.5 Å². The van der Waals surface area contributed by atoms with Gasteiger partial charge in [0, 0.05) is 59.1 Å². The van der Waals surface area contributed by atoms with Crippen molar-refractivity contribution in [3.8, 4) is 0 Å². The number of aliphatic hydroxyl groups excluding tert-OH is 1. The third-order valence-electron chi connectivity index (χ3n) is 8.68. The van der Waals surface area contributed by atoms with Crippen molar-refractivity contribution in [2.45, 2.75) is 177 Å². The Morgan fingerprint density at radius 1 is 0.642 bits per heavy atom. The molecule has 0 aromatic carbocycles. The quantitative estimate of drug-likeness (QED) is 0.139. The Morgan fingerprint density at radius 3 is 1.39 bits per heavy atom. The Kier molecular flexibility index (Phi) is 27.6. The molecular formula is C48H77BLiN4O13. The van der Waals surface area contributed by atoms with Crippen LogP contribution >= 0.6 is 0 Å². The second kappa shape index (κ2) is 29.5. The Labute approximate surface area is 414 Å². The number of aromatic nitrogens is 2. The number of pyridine rings is 2. The van der Waals surface area contributed by atoms with E-state index in [1.54, 1.807) is 58.3 Å². The van der Waals surface area contributed by atoms with E-state index < -0.39 is 34.7 Å². The molecule has 5 rings (SSSR count). The van der Waals surface area contributed by atoms with E-state index in [1.807, 2.05) is 65.8 Å². The molecule has 0 atom stereocenters. The molecule has 1 saturated heterocycles. The van der Waals surface area contributed by atoms with Gasteiger partial charge in [0.05, 0.1) is 13.0 Å². The monoisotopic (exact) mass is 936 g/mol. The summed E-state index contributed by atoms with van der Waals surface area (Å²) in [5, 5.41) is 8.92. The number of esters is 1. The van der Waals surface area contributed by atoms with Crippen LogP contribution in [-0.2, 0) is 63.6 Å². The fourth-order valence-electron chi connectivity index (χ4n) is 6.07. The molecule has 3 aliphatic heterocycles. The number of aryl methyl sites for hydroxylation is 4. The number of ether oxygens (including phenoxy) is 7. The molecule has 0 bridgehead atoms. The van der Waals surface area contributed by atoms with E-state index in [0.717, 1.165) is 61.4 Å². The van der Waals surface area contributed by atoms with Crippen LogP contribution in [0.25, 0.3) is 0 Å². The second-order valence-electron chi connectivity index (χ2n) is 19.5. The van der Waals surface area contributed by atoms with Crippen LogP contribution in [0.3, 0.4) is 0 Å². The SMILES string of the molecule is C1CCOC1.CC(C)(C)OC(=O)N1CCCc2ccc(CCCO)nc21.CC(C)(C)OC(=O)OC(=O)OC(C)(C)C.CCOC(=O)CCc1ccc2c(n1)N(C(=O)OC(C)(C)C)CCC2.[B].[H-].[Li+]. The van der Waals surface area contributed by atoms with Gasteiger partial charge in [-0.2, -0.15) is 0 Å². The minimum Gasteiger partial charge on any atom is -1.00 e. The fraction of sp³-hybridized carbons (Fsp3) is 0.688. The number of rotatable bonds is 7. The molecule has 19 heteroatoms. The van der Waals surface area contributed by atoms with Crippen LogP contribution < -0.4 is 28.7 Å². The van der Waals surface area contributed by atoms with Crippen molar-refractivity contribution >= 4 is 50.5 Å². The van der Waals surface area contributed by atoms with Gasteiger partial charge in [0.15, 0.2) is 0 Å². The summed E-state index contributed by atoms with van der Waals surface area (Å²) in [6.45, 7) is 26.7. The average molecular weight is 936 g/mol. The van der Waals surface area contributed by atoms with Gasteiger partial charge in [0.1, 0.15) is 34.0 Å². The molecular weight excluding hydrogens is 858 g/mol. The van der Waals surface area contributed by atoms with Crippen LogP contribution in [0.4, 0.5) is 30.8 Å². The number of amides is 2. The van der Waals surface area contributed by atoms with E-state index in [-0.39, 0.29) is 59.9 Å². The summed E-state index contributed by atoms with van der Waals surface area (Å²) < 4.78 is 34.6. The zero-order chi connectivity index (χ0) is 49.0. The summed E-state index contributed by atoms with van der Waals surface area (Å²) in [7, 11) is 0. The van der Waals surface area contributed by atoms with Crippen molar-refractivity contribution in [2.24, 2.45) is 0 Å². The van der Waals surface area contributed by atoms with Gasteiger partial charge in [-0.15, -0.1) is 0 Å². The van der Waals surface area contributed by atoms with Gasteiger partial charge >= 0.3 is 49.3 Å². The number of fused-ring (bicyclic) bond motifs is 2. The average Bonchev–Trinajstić information content (AvgIpc) is 3.77. The number of aliphatic hydroxyl groups is 1. The zero-order valence-corrected chi connectivity index (χ0v) is 42.8. The van der Waals surface area contributed by atoms with Crippen molar-refractivity contribution in [1.82, 2.24) is 9.97 Å². The van der Waals surface area contributed by atoms with E-state index in [0.29, 0.717) is 50.6 Å². The molecule has 2 aromatic rings. The molecule has 0 spiro atoms. The third-order valence-corrected chi connectivity index (χ3v) is 8.68. The van der Waals surface area contributed by atoms with Crippen LogP contribution in [0, 0.1) is 0 Å². The van der Waals surface area contributed by atoms with E-state index >= 15 is 0 Å². The van der Waals surface area contributed by atoms with Crippen molar-refractivity contribution < 1.29 is 82.5 Å². The van der Waals surface area contributed by atoms with Crippen molar-refractivity contribution in [1.29, 1.82) is 0 Å². The van der Waals surface area contributed by atoms with Crippen molar-refractivity contribution in [3.05, 3.63) is 46.8 Å². The summed E-state index contributed by atoms with van der Waals surface area (Å²) in [5.41, 5.74) is 1.35.